The van der Waals surface area contributed by atoms with Gasteiger partial charge in [0, 0.05) is 32.1 Å². The fourth-order valence-electron chi connectivity index (χ4n) is 2.70. The lowest BCUT2D eigenvalue weighted by Gasteiger charge is -2.29. The zero-order valence-electron chi connectivity index (χ0n) is 11.3. The number of carbonyl (C=O) groups excluding carboxylic acids is 1. The Labute approximate surface area is 109 Å². The Bertz CT molecular complexity index is 261. The summed E-state index contributed by atoms with van der Waals surface area (Å²) in [6.07, 6.45) is 1.80. The molecule has 2 fully saturated rings. The third-order valence-electron chi connectivity index (χ3n) is 3.68. The Balaban J connectivity index is 1.62. The van der Waals surface area contributed by atoms with E-state index in [1.807, 2.05) is 0 Å². The third-order valence-corrected chi connectivity index (χ3v) is 3.68. The Hall–Kier alpha value is -0.650. The summed E-state index contributed by atoms with van der Waals surface area (Å²) in [6, 6.07) is 0.227. The van der Waals surface area contributed by atoms with E-state index < -0.39 is 0 Å². The van der Waals surface area contributed by atoms with Gasteiger partial charge in [0.25, 0.3) is 0 Å². The van der Waals surface area contributed by atoms with Crippen molar-refractivity contribution in [3.05, 3.63) is 0 Å². The molecular weight excluding hydrogens is 230 g/mol. The van der Waals surface area contributed by atoms with Crippen LogP contribution in [-0.2, 0) is 9.53 Å². The Morgan fingerprint density at radius 3 is 2.94 bits per heavy atom. The van der Waals surface area contributed by atoms with Crippen molar-refractivity contribution in [2.75, 3.05) is 45.9 Å². The zero-order chi connectivity index (χ0) is 12.8. The fourth-order valence-corrected chi connectivity index (χ4v) is 2.70. The summed E-state index contributed by atoms with van der Waals surface area (Å²) in [5.41, 5.74) is 0. The number of ether oxygens (including phenoxy) is 1. The van der Waals surface area contributed by atoms with E-state index in [0.717, 1.165) is 52.4 Å². The number of hydrogen-bond donors (Lipinski definition) is 2. The van der Waals surface area contributed by atoms with E-state index in [-0.39, 0.29) is 11.9 Å². The summed E-state index contributed by atoms with van der Waals surface area (Å²) in [4.78, 5) is 14.2. The van der Waals surface area contributed by atoms with Gasteiger partial charge in [-0.15, -0.1) is 0 Å². The first-order valence-corrected chi connectivity index (χ1v) is 7.04. The molecule has 2 unspecified atom stereocenters. The van der Waals surface area contributed by atoms with Crippen molar-refractivity contribution in [2.45, 2.75) is 25.8 Å². The molecule has 2 heterocycles. The molecule has 1 amide bonds. The van der Waals surface area contributed by atoms with Gasteiger partial charge in [0.15, 0.2) is 0 Å². The molecule has 18 heavy (non-hydrogen) atoms. The second kappa shape index (κ2) is 7.07. The van der Waals surface area contributed by atoms with Crippen molar-refractivity contribution < 1.29 is 9.53 Å². The molecule has 5 nitrogen and oxygen atoms in total. The summed E-state index contributed by atoms with van der Waals surface area (Å²) in [5, 5.41) is 6.40. The molecule has 104 valence electrons. The van der Waals surface area contributed by atoms with Crippen molar-refractivity contribution in [1.29, 1.82) is 0 Å². The van der Waals surface area contributed by atoms with Crippen LogP contribution < -0.4 is 10.6 Å². The van der Waals surface area contributed by atoms with E-state index in [2.05, 4.69) is 22.5 Å². The van der Waals surface area contributed by atoms with Gasteiger partial charge in [-0.2, -0.15) is 0 Å². The molecule has 0 bridgehead atoms. The standard InChI is InChI=1S/C13H25N3O2/c1-11(10-16-4-6-18-7-5-16)15-13(17)8-12-2-3-14-9-12/h11-12,14H,2-10H2,1H3,(H,15,17). The second-order valence-corrected chi connectivity index (χ2v) is 5.44. The maximum atomic E-state index is 11.9. The lowest BCUT2D eigenvalue weighted by atomic mass is 10.0. The van der Waals surface area contributed by atoms with Gasteiger partial charge in [0.1, 0.15) is 0 Å². The van der Waals surface area contributed by atoms with Crippen LogP contribution in [0.5, 0.6) is 0 Å². The summed E-state index contributed by atoms with van der Waals surface area (Å²) >= 11 is 0. The van der Waals surface area contributed by atoms with Gasteiger partial charge < -0.3 is 15.4 Å². The number of carbonyl (C=O) groups is 1. The van der Waals surface area contributed by atoms with E-state index in [0.29, 0.717) is 12.3 Å². The molecule has 2 atom stereocenters. The molecule has 2 aliphatic rings. The summed E-state index contributed by atoms with van der Waals surface area (Å²) < 4.78 is 5.32. The van der Waals surface area contributed by atoms with Crippen LogP contribution in [0.3, 0.4) is 0 Å². The summed E-state index contributed by atoms with van der Waals surface area (Å²) in [6.45, 7) is 8.65. The van der Waals surface area contributed by atoms with Crippen LogP contribution in [0.1, 0.15) is 19.8 Å². The zero-order valence-corrected chi connectivity index (χ0v) is 11.3. The largest absolute Gasteiger partial charge is 0.379 e. The Morgan fingerprint density at radius 1 is 1.50 bits per heavy atom. The molecular formula is C13H25N3O2. The number of rotatable bonds is 5. The SMILES string of the molecule is CC(CN1CCOCC1)NC(=O)CC1CCNC1. The molecule has 0 saturated carbocycles. The van der Waals surface area contributed by atoms with Gasteiger partial charge in [-0.05, 0) is 32.4 Å². The van der Waals surface area contributed by atoms with E-state index in [9.17, 15) is 4.79 Å². The highest BCUT2D eigenvalue weighted by molar-refractivity contribution is 5.76. The van der Waals surface area contributed by atoms with Gasteiger partial charge in [-0.1, -0.05) is 0 Å². The highest BCUT2D eigenvalue weighted by atomic mass is 16.5. The molecule has 0 aromatic rings. The number of morpholine rings is 1. The van der Waals surface area contributed by atoms with Crippen molar-refractivity contribution >= 4 is 5.91 Å². The molecule has 2 aliphatic heterocycles. The predicted octanol–water partition coefficient (Wildman–Crippen LogP) is -0.177. The van der Waals surface area contributed by atoms with Crippen molar-refractivity contribution in [1.82, 2.24) is 15.5 Å². The third kappa shape index (κ3) is 4.55. The Morgan fingerprint density at radius 2 is 2.28 bits per heavy atom. The van der Waals surface area contributed by atoms with E-state index in [1.165, 1.54) is 0 Å². The van der Waals surface area contributed by atoms with E-state index >= 15 is 0 Å². The highest BCUT2D eigenvalue weighted by Gasteiger charge is 2.20. The van der Waals surface area contributed by atoms with E-state index in [4.69, 9.17) is 4.74 Å². The predicted molar refractivity (Wildman–Crippen MR) is 70.5 cm³/mol. The van der Waals surface area contributed by atoms with Crippen LogP contribution in [-0.4, -0.2) is 62.8 Å². The van der Waals surface area contributed by atoms with Gasteiger partial charge in [0.2, 0.25) is 5.91 Å². The molecule has 2 rings (SSSR count). The molecule has 0 aromatic heterocycles. The second-order valence-electron chi connectivity index (χ2n) is 5.44. The maximum absolute atomic E-state index is 11.9. The lowest BCUT2D eigenvalue weighted by molar-refractivity contribution is -0.122. The minimum atomic E-state index is 0.199. The van der Waals surface area contributed by atoms with Crippen molar-refractivity contribution in [2.24, 2.45) is 5.92 Å². The average Bonchev–Trinajstić information content (AvgIpc) is 2.82. The van der Waals surface area contributed by atoms with Gasteiger partial charge >= 0.3 is 0 Å². The highest BCUT2D eigenvalue weighted by Crippen LogP contribution is 2.11. The van der Waals surface area contributed by atoms with E-state index in [1.54, 1.807) is 0 Å². The quantitative estimate of drug-likeness (QED) is 0.716. The summed E-state index contributed by atoms with van der Waals surface area (Å²) in [5.74, 6) is 0.727. The number of hydrogen-bond acceptors (Lipinski definition) is 4. The minimum absolute atomic E-state index is 0.199. The molecule has 0 aromatic carbocycles. The fraction of sp³-hybridized carbons (Fsp3) is 0.923. The molecule has 5 heteroatoms. The smallest absolute Gasteiger partial charge is 0.220 e. The van der Waals surface area contributed by atoms with Crippen LogP contribution in [0.15, 0.2) is 0 Å². The molecule has 0 spiro atoms. The van der Waals surface area contributed by atoms with Crippen molar-refractivity contribution in [3.8, 4) is 0 Å². The van der Waals surface area contributed by atoms with Gasteiger partial charge in [0.05, 0.1) is 13.2 Å². The number of nitrogens with one attached hydrogen (secondary N) is 2. The van der Waals surface area contributed by atoms with Gasteiger partial charge in [-0.25, -0.2) is 0 Å². The first kappa shape index (κ1) is 13.8. The first-order chi connectivity index (χ1) is 8.74. The number of amides is 1. The van der Waals surface area contributed by atoms with Crippen LogP contribution in [0.25, 0.3) is 0 Å². The van der Waals surface area contributed by atoms with Crippen LogP contribution in [0.4, 0.5) is 0 Å². The lowest BCUT2D eigenvalue weighted by Crippen LogP contribution is -2.46. The average molecular weight is 255 g/mol. The Kier molecular flexibility index (Phi) is 5.41. The van der Waals surface area contributed by atoms with Gasteiger partial charge in [-0.3, -0.25) is 9.69 Å². The normalized spacial score (nSPS) is 27.1. The van der Waals surface area contributed by atoms with Crippen LogP contribution in [0, 0.1) is 5.92 Å². The van der Waals surface area contributed by atoms with Crippen LogP contribution >= 0.6 is 0 Å². The topological polar surface area (TPSA) is 53.6 Å². The monoisotopic (exact) mass is 255 g/mol. The molecule has 0 aliphatic carbocycles. The summed E-state index contributed by atoms with van der Waals surface area (Å²) in [7, 11) is 0. The molecule has 2 saturated heterocycles. The number of nitrogens with zero attached hydrogens (tertiary/aromatic N) is 1. The minimum Gasteiger partial charge on any atom is -0.379 e. The van der Waals surface area contributed by atoms with Crippen molar-refractivity contribution in [3.63, 3.8) is 0 Å². The maximum Gasteiger partial charge on any atom is 0.220 e. The van der Waals surface area contributed by atoms with Crippen LogP contribution in [0.2, 0.25) is 0 Å². The molecule has 0 radical (unpaired) electrons. The molecule has 2 N–H and O–H groups in total. The first-order valence-electron chi connectivity index (χ1n) is 7.04.